The Morgan fingerprint density at radius 1 is 1.33 bits per heavy atom. The standard InChI is InChI=1S/C22H24N4O/c1-3-27-12-9-17-16-7-4-5-8-19(16)26-20(17)18(13-23)15(2)22(14-24)10-6-11-25-21(22)26/h4-5,7-8,21,25H,3,6,9-12H2,1-2H3/t21-,22-/m1/s1. The van der Waals surface area contributed by atoms with Gasteiger partial charge in [-0.1, -0.05) is 18.2 Å². The zero-order chi connectivity index (χ0) is 19.0. The van der Waals surface area contributed by atoms with Gasteiger partial charge in [0.2, 0.25) is 0 Å². The minimum Gasteiger partial charge on any atom is -0.381 e. The van der Waals surface area contributed by atoms with Crippen molar-refractivity contribution in [3.8, 4) is 12.1 Å². The van der Waals surface area contributed by atoms with E-state index in [0.29, 0.717) is 18.8 Å². The molecular weight excluding hydrogens is 336 g/mol. The molecule has 2 aliphatic rings. The van der Waals surface area contributed by atoms with Crippen molar-refractivity contribution in [3.05, 3.63) is 41.1 Å². The highest BCUT2D eigenvalue weighted by atomic mass is 16.5. The Balaban J connectivity index is 2.04. The monoisotopic (exact) mass is 360 g/mol. The summed E-state index contributed by atoms with van der Waals surface area (Å²) < 4.78 is 7.83. The van der Waals surface area contributed by atoms with Crippen molar-refractivity contribution in [2.75, 3.05) is 19.8 Å². The predicted octanol–water partition coefficient (Wildman–Crippen LogP) is 3.92. The highest BCUT2D eigenvalue weighted by Gasteiger charge is 2.50. The summed E-state index contributed by atoms with van der Waals surface area (Å²) in [6, 6.07) is 13.3. The highest BCUT2D eigenvalue weighted by Crippen LogP contribution is 2.53. The molecule has 0 saturated carbocycles. The summed E-state index contributed by atoms with van der Waals surface area (Å²) >= 11 is 0. The van der Waals surface area contributed by atoms with Gasteiger partial charge in [0.25, 0.3) is 0 Å². The van der Waals surface area contributed by atoms with Gasteiger partial charge in [-0.15, -0.1) is 0 Å². The molecule has 138 valence electrons. The summed E-state index contributed by atoms with van der Waals surface area (Å²) in [6.07, 6.45) is 2.32. The number of aromatic nitrogens is 1. The van der Waals surface area contributed by atoms with Crippen LogP contribution in [0.1, 0.15) is 44.1 Å². The maximum Gasteiger partial charge on any atom is 0.114 e. The molecule has 27 heavy (non-hydrogen) atoms. The molecule has 1 fully saturated rings. The minimum atomic E-state index is -0.671. The quantitative estimate of drug-likeness (QED) is 0.839. The molecule has 5 nitrogen and oxygen atoms in total. The fraction of sp³-hybridized carbons (Fsp3) is 0.455. The van der Waals surface area contributed by atoms with E-state index in [1.807, 2.05) is 26.0 Å². The second kappa shape index (κ2) is 6.85. The van der Waals surface area contributed by atoms with Gasteiger partial charge in [0.1, 0.15) is 17.6 Å². The predicted molar refractivity (Wildman–Crippen MR) is 105 cm³/mol. The molecule has 0 bridgehead atoms. The van der Waals surface area contributed by atoms with Crippen LogP contribution in [0.3, 0.4) is 0 Å². The number of nitrogens with one attached hydrogen (secondary N) is 1. The van der Waals surface area contributed by atoms with Gasteiger partial charge in [-0.05, 0) is 56.9 Å². The number of piperidine rings is 1. The fourth-order valence-corrected chi connectivity index (χ4v) is 4.80. The molecule has 3 heterocycles. The van der Waals surface area contributed by atoms with Crippen molar-refractivity contribution in [3.63, 3.8) is 0 Å². The van der Waals surface area contributed by atoms with Crippen LogP contribution in [0.4, 0.5) is 0 Å². The van der Waals surface area contributed by atoms with E-state index in [1.165, 1.54) is 0 Å². The number of para-hydroxylation sites is 1. The summed E-state index contributed by atoms with van der Waals surface area (Å²) in [7, 11) is 0. The van der Waals surface area contributed by atoms with Gasteiger partial charge in [0, 0.05) is 12.0 Å². The third-order valence-corrected chi connectivity index (χ3v) is 6.12. The topological polar surface area (TPSA) is 73.8 Å². The van der Waals surface area contributed by atoms with E-state index in [0.717, 1.165) is 53.5 Å². The Labute approximate surface area is 159 Å². The number of hydrogen-bond acceptors (Lipinski definition) is 4. The van der Waals surface area contributed by atoms with Crippen molar-refractivity contribution < 1.29 is 4.74 Å². The van der Waals surface area contributed by atoms with Crippen LogP contribution >= 0.6 is 0 Å². The number of nitriles is 2. The third-order valence-electron chi connectivity index (χ3n) is 6.12. The van der Waals surface area contributed by atoms with Crippen molar-refractivity contribution in [1.29, 1.82) is 10.5 Å². The molecule has 5 heteroatoms. The summed E-state index contributed by atoms with van der Waals surface area (Å²) in [6.45, 7) is 6.14. The van der Waals surface area contributed by atoms with Crippen molar-refractivity contribution in [1.82, 2.24) is 9.88 Å². The zero-order valence-corrected chi connectivity index (χ0v) is 15.9. The molecule has 2 atom stereocenters. The van der Waals surface area contributed by atoms with Gasteiger partial charge in [-0.2, -0.15) is 10.5 Å². The first-order valence-electron chi connectivity index (χ1n) is 9.65. The Kier molecular flexibility index (Phi) is 4.52. The van der Waals surface area contributed by atoms with Crippen molar-refractivity contribution in [2.45, 2.75) is 39.3 Å². The Morgan fingerprint density at radius 3 is 2.89 bits per heavy atom. The lowest BCUT2D eigenvalue weighted by atomic mass is 9.69. The number of allylic oxidation sites excluding steroid dienone is 1. The summed E-state index contributed by atoms with van der Waals surface area (Å²) in [4.78, 5) is 0. The normalized spacial score (nSPS) is 24.2. The third kappa shape index (κ3) is 2.43. The largest absolute Gasteiger partial charge is 0.381 e. The summed E-state index contributed by atoms with van der Waals surface area (Å²) in [5, 5.41) is 24.9. The van der Waals surface area contributed by atoms with Crippen LogP contribution in [-0.2, 0) is 11.2 Å². The molecule has 0 radical (unpaired) electrons. The van der Waals surface area contributed by atoms with E-state index in [4.69, 9.17) is 4.74 Å². The van der Waals surface area contributed by atoms with Crippen LogP contribution < -0.4 is 5.32 Å². The molecule has 0 amide bonds. The first-order valence-corrected chi connectivity index (χ1v) is 9.65. The Morgan fingerprint density at radius 2 is 2.15 bits per heavy atom. The smallest absolute Gasteiger partial charge is 0.114 e. The van der Waals surface area contributed by atoms with Crippen LogP contribution in [-0.4, -0.2) is 24.3 Å². The van der Waals surface area contributed by atoms with Crippen molar-refractivity contribution in [2.24, 2.45) is 5.41 Å². The molecule has 2 aromatic rings. The lowest BCUT2D eigenvalue weighted by Crippen LogP contribution is -2.49. The summed E-state index contributed by atoms with van der Waals surface area (Å²) in [5.41, 5.74) is 4.07. The molecule has 1 N–H and O–H groups in total. The van der Waals surface area contributed by atoms with Gasteiger partial charge in [-0.3, -0.25) is 5.32 Å². The lowest BCUT2D eigenvalue weighted by Gasteiger charge is -2.45. The first-order chi connectivity index (χ1) is 13.2. The van der Waals surface area contributed by atoms with Crippen LogP contribution in [0, 0.1) is 28.1 Å². The van der Waals surface area contributed by atoms with E-state index in [2.05, 4.69) is 34.2 Å². The van der Waals surface area contributed by atoms with E-state index in [9.17, 15) is 10.5 Å². The van der Waals surface area contributed by atoms with E-state index in [1.54, 1.807) is 0 Å². The fourth-order valence-electron chi connectivity index (χ4n) is 4.80. The first kappa shape index (κ1) is 17.8. The molecule has 0 spiro atoms. The molecule has 1 saturated heterocycles. The molecule has 0 unspecified atom stereocenters. The van der Waals surface area contributed by atoms with Crippen LogP contribution in [0.15, 0.2) is 29.8 Å². The average Bonchev–Trinajstić information content (AvgIpc) is 3.03. The van der Waals surface area contributed by atoms with E-state index in [-0.39, 0.29) is 6.17 Å². The molecule has 2 aliphatic heterocycles. The van der Waals surface area contributed by atoms with Crippen LogP contribution in [0.2, 0.25) is 0 Å². The second-order valence-corrected chi connectivity index (χ2v) is 7.32. The lowest BCUT2D eigenvalue weighted by molar-refractivity contribution is 0.150. The maximum atomic E-state index is 10.2. The molecular formula is C22H24N4O. The van der Waals surface area contributed by atoms with Crippen LogP contribution in [0.25, 0.3) is 16.5 Å². The van der Waals surface area contributed by atoms with E-state index >= 15 is 0 Å². The minimum absolute atomic E-state index is 0.144. The number of ether oxygens (including phenoxy) is 1. The average molecular weight is 360 g/mol. The Hall–Kier alpha value is -2.60. The second-order valence-electron chi connectivity index (χ2n) is 7.32. The number of fused-ring (bicyclic) bond motifs is 5. The number of nitrogens with zero attached hydrogens (tertiary/aromatic N) is 3. The maximum absolute atomic E-state index is 10.2. The number of hydrogen-bond donors (Lipinski definition) is 1. The van der Waals surface area contributed by atoms with Crippen LogP contribution in [0.5, 0.6) is 0 Å². The zero-order valence-electron chi connectivity index (χ0n) is 15.9. The SMILES string of the molecule is CCOCCc1c2n(c3ccccc13)[C@H]1NCCC[C@@]1(C#N)C(C)=C2C#N. The number of rotatable bonds is 4. The Bertz CT molecular complexity index is 1000. The van der Waals surface area contributed by atoms with Gasteiger partial charge in [0.15, 0.2) is 0 Å². The van der Waals surface area contributed by atoms with Gasteiger partial charge in [-0.25, -0.2) is 0 Å². The van der Waals surface area contributed by atoms with Gasteiger partial charge in [0.05, 0.1) is 29.5 Å². The molecule has 4 rings (SSSR count). The molecule has 0 aliphatic carbocycles. The van der Waals surface area contributed by atoms with E-state index < -0.39 is 5.41 Å². The highest BCUT2D eigenvalue weighted by molar-refractivity contribution is 5.95. The van der Waals surface area contributed by atoms with Gasteiger partial charge < -0.3 is 9.30 Å². The van der Waals surface area contributed by atoms with Gasteiger partial charge >= 0.3 is 0 Å². The number of benzene rings is 1. The summed E-state index contributed by atoms with van der Waals surface area (Å²) in [5.74, 6) is 0. The molecule has 1 aromatic heterocycles. The van der Waals surface area contributed by atoms with Crippen molar-refractivity contribution >= 4 is 16.5 Å². The molecule has 1 aromatic carbocycles.